The van der Waals surface area contributed by atoms with E-state index >= 15 is 0 Å². The number of aryl methyl sites for hydroxylation is 2. The van der Waals surface area contributed by atoms with Gasteiger partial charge in [-0.15, -0.1) is 0 Å². The molecule has 4 aromatic rings. The number of aromatic nitrogens is 2. The van der Waals surface area contributed by atoms with E-state index in [2.05, 4.69) is 73.1 Å². The number of amides is 1. The Kier molecular flexibility index (Phi) is 7.63. The summed E-state index contributed by atoms with van der Waals surface area (Å²) in [6.07, 6.45) is 2.12. The molecule has 0 radical (unpaired) electrons. The summed E-state index contributed by atoms with van der Waals surface area (Å²) >= 11 is 9.55. The molecule has 1 fully saturated rings. The van der Waals surface area contributed by atoms with E-state index in [1.807, 2.05) is 61.5 Å². The zero-order chi connectivity index (χ0) is 26.8. The minimum absolute atomic E-state index is 0.0409. The molecule has 0 spiro atoms. The molecule has 0 unspecified atom stereocenters. The Balaban J connectivity index is 1.48. The molecule has 8 heteroatoms. The topological polar surface area (TPSA) is 62.2 Å². The predicted octanol–water partition coefficient (Wildman–Crippen LogP) is 6.56. The van der Waals surface area contributed by atoms with Gasteiger partial charge in [0.2, 0.25) is 5.91 Å². The number of nitrogens with one attached hydrogen (secondary N) is 2. The molecule has 2 atom stereocenters. The van der Waals surface area contributed by atoms with E-state index in [-0.39, 0.29) is 18.0 Å². The molecule has 1 aliphatic rings. The van der Waals surface area contributed by atoms with Gasteiger partial charge >= 0.3 is 0 Å². The van der Waals surface area contributed by atoms with Crippen LogP contribution in [0.5, 0.6) is 0 Å². The normalized spacial score (nSPS) is 16.9. The molecule has 2 aromatic carbocycles. The van der Waals surface area contributed by atoms with Crippen LogP contribution >= 0.6 is 28.1 Å². The highest BCUT2D eigenvalue weighted by molar-refractivity contribution is 9.10. The van der Waals surface area contributed by atoms with Gasteiger partial charge in [-0.05, 0) is 96.4 Å². The van der Waals surface area contributed by atoms with Crippen molar-refractivity contribution in [1.29, 1.82) is 0 Å². The van der Waals surface area contributed by atoms with Crippen molar-refractivity contribution in [2.24, 2.45) is 0 Å². The second-order valence-corrected chi connectivity index (χ2v) is 10.8. The maximum absolute atomic E-state index is 12.9. The second kappa shape index (κ2) is 11.1. The minimum Gasteiger partial charge on any atom is -0.352 e. The van der Waals surface area contributed by atoms with E-state index in [1.165, 1.54) is 0 Å². The van der Waals surface area contributed by atoms with Gasteiger partial charge in [0.15, 0.2) is 5.11 Å². The maximum atomic E-state index is 12.9. The van der Waals surface area contributed by atoms with Gasteiger partial charge in [0.25, 0.3) is 0 Å². The molecule has 5 rings (SSSR count). The SMILES string of the molecule is Cc1ccccc1NC(=O)CCN1C(=S)N[C@@H](c2ccccn2)[C@H]1c1cc(C)n(-c2ccccc2Br)c1C. The fourth-order valence-corrected chi connectivity index (χ4v) is 6.02. The lowest BCUT2D eigenvalue weighted by Crippen LogP contribution is -2.33. The van der Waals surface area contributed by atoms with Gasteiger partial charge in [-0.2, -0.15) is 0 Å². The molecule has 194 valence electrons. The van der Waals surface area contributed by atoms with Crippen molar-refractivity contribution in [3.8, 4) is 5.69 Å². The Bertz CT molecular complexity index is 1490. The first kappa shape index (κ1) is 26.1. The molecular formula is C30H30BrN5OS. The lowest BCUT2D eigenvalue weighted by atomic mass is 9.96. The fourth-order valence-electron chi connectivity index (χ4n) is 5.22. The molecule has 3 heterocycles. The van der Waals surface area contributed by atoms with E-state index in [9.17, 15) is 4.79 Å². The van der Waals surface area contributed by atoms with Crippen LogP contribution in [-0.4, -0.2) is 32.0 Å². The number of hydrogen-bond acceptors (Lipinski definition) is 3. The second-order valence-electron chi connectivity index (χ2n) is 9.55. The van der Waals surface area contributed by atoms with Crippen molar-refractivity contribution in [3.05, 3.63) is 112 Å². The van der Waals surface area contributed by atoms with Crippen LogP contribution < -0.4 is 10.6 Å². The smallest absolute Gasteiger partial charge is 0.226 e. The first-order valence-electron chi connectivity index (χ1n) is 12.6. The van der Waals surface area contributed by atoms with Crippen LogP contribution in [-0.2, 0) is 4.79 Å². The number of carbonyl (C=O) groups excluding carboxylic acids is 1. The molecule has 6 nitrogen and oxygen atoms in total. The van der Waals surface area contributed by atoms with Crippen molar-refractivity contribution in [3.63, 3.8) is 0 Å². The first-order chi connectivity index (χ1) is 18.3. The van der Waals surface area contributed by atoms with Crippen molar-refractivity contribution in [2.75, 3.05) is 11.9 Å². The van der Waals surface area contributed by atoms with Crippen LogP contribution in [0.25, 0.3) is 5.69 Å². The van der Waals surface area contributed by atoms with E-state index in [0.717, 1.165) is 44.1 Å². The number of thiocarbonyl (C=S) groups is 1. The third kappa shape index (κ3) is 5.11. The number of carbonyl (C=O) groups is 1. The Morgan fingerprint density at radius 2 is 1.79 bits per heavy atom. The lowest BCUT2D eigenvalue weighted by Gasteiger charge is -2.28. The predicted molar refractivity (Wildman–Crippen MR) is 160 cm³/mol. The lowest BCUT2D eigenvalue weighted by molar-refractivity contribution is -0.116. The Morgan fingerprint density at radius 1 is 1.05 bits per heavy atom. The number of benzene rings is 2. The summed E-state index contributed by atoms with van der Waals surface area (Å²) in [6.45, 7) is 6.73. The van der Waals surface area contributed by atoms with E-state index in [0.29, 0.717) is 18.1 Å². The van der Waals surface area contributed by atoms with E-state index in [1.54, 1.807) is 6.20 Å². The van der Waals surface area contributed by atoms with Crippen molar-refractivity contribution in [2.45, 2.75) is 39.3 Å². The van der Waals surface area contributed by atoms with Gasteiger partial charge in [0, 0.05) is 40.7 Å². The van der Waals surface area contributed by atoms with Crippen LogP contribution in [0.15, 0.2) is 83.5 Å². The fraction of sp³-hybridized carbons (Fsp3) is 0.233. The highest BCUT2D eigenvalue weighted by atomic mass is 79.9. The van der Waals surface area contributed by atoms with E-state index in [4.69, 9.17) is 12.2 Å². The largest absolute Gasteiger partial charge is 0.352 e. The monoisotopic (exact) mass is 587 g/mol. The highest BCUT2D eigenvalue weighted by Crippen LogP contribution is 2.42. The molecule has 1 amide bonds. The zero-order valence-electron chi connectivity index (χ0n) is 21.6. The number of halogens is 1. The van der Waals surface area contributed by atoms with Gasteiger partial charge in [-0.1, -0.05) is 36.4 Å². The average molecular weight is 589 g/mol. The number of para-hydroxylation sites is 2. The molecule has 38 heavy (non-hydrogen) atoms. The molecule has 0 saturated carbocycles. The molecule has 2 N–H and O–H groups in total. The Labute approximate surface area is 237 Å². The molecule has 0 bridgehead atoms. The standard InChI is InChI=1S/C30H30BrN5OS/c1-19-10-4-6-12-24(19)33-27(37)15-17-35-29(28(34-30(35)38)25-13-8-9-16-32-25)22-18-20(2)36(21(22)3)26-14-7-5-11-23(26)31/h4-14,16,18,28-29H,15,17H2,1-3H3,(H,33,37)(H,34,38)/t28-,29+/m0/s1. The van der Waals surface area contributed by atoms with Crippen molar-refractivity contribution >= 4 is 44.9 Å². The van der Waals surface area contributed by atoms with Gasteiger partial charge in [-0.3, -0.25) is 9.78 Å². The van der Waals surface area contributed by atoms with Crippen molar-refractivity contribution < 1.29 is 4.79 Å². The average Bonchev–Trinajstić information content (AvgIpc) is 3.39. The summed E-state index contributed by atoms with van der Waals surface area (Å²) in [4.78, 5) is 19.7. The number of anilines is 1. The summed E-state index contributed by atoms with van der Waals surface area (Å²) in [5.41, 5.74) is 7.27. The summed E-state index contributed by atoms with van der Waals surface area (Å²) < 4.78 is 3.29. The number of hydrogen-bond donors (Lipinski definition) is 2. The highest BCUT2D eigenvalue weighted by Gasteiger charge is 2.41. The Morgan fingerprint density at radius 3 is 2.53 bits per heavy atom. The number of rotatable bonds is 7. The number of pyridine rings is 1. The zero-order valence-corrected chi connectivity index (χ0v) is 24.0. The molecule has 0 aliphatic carbocycles. The Hall–Kier alpha value is -3.49. The maximum Gasteiger partial charge on any atom is 0.226 e. The minimum atomic E-state index is -0.142. The summed E-state index contributed by atoms with van der Waals surface area (Å²) in [7, 11) is 0. The van der Waals surface area contributed by atoms with Crippen LogP contribution in [0.2, 0.25) is 0 Å². The molecule has 2 aromatic heterocycles. The molecule has 1 saturated heterocycles. The van der Waals surface area contributed by atoms with E-state index < -0.39 is 0 Å². The third-order valence-corrected chi connectivity index (χ3v) is 8.10. The number of nitrogens with zero attached hydrogens (tertiary/aromatic N) is 3. The summed E-state index contributed by atoms with van der Waals surface area (Å²) in [6, 6.07) is 23.9. The van der Waals surface area contributed by atoms with Crippen molar-refractivity contribution in [1.82, 2.24) is 19.8 Å². The van der Waals surface area contributed by atoms with Crippen LogP contribution in [0.4, 0.5) is 5.69 Å². The third-order valence-electron chi connectivity index (χ3n) is 7.08. The van der Waals surface area contributed by atoms with Gasteiger partial charge in [0.1, 0.15) is 0 Å². The van der Waals surface area contributed by atoms with Gasteiger partial charge in [-0.25, -0.2) is 0 Å². The quantitative estimate of drug-likeness (QED) is 0.240. The van der Waals surface area contributed by atoms with Crippen LogP contribution in [0.3, 0.4) is 0 Å². The van der Waals surface area contributed by atoms with Gasteiger partial charge < -0.3 is 20.1 Å². The summed E-state index contributed by atoms with van der Waals surface area (Å²) in [5.74, 6) is -0.0409. The van der Waals surface area contributed by atoms with Crippen LogP contribution in [0.1, 0.15) is 46.7 Å². The van der Waals surface area contributed by atoms with Gasteiger partial charge in [0.05, 0.1) is 23.5 Å². The van der Waals surface area contributed by atoms with Crippen LogP contribution in [0, 0.1) is 20.8 Å². The first-order valence-corrected chi connectivity index (χ1v) is 13.8. The molecule has 1 aliphatic heterocycles. The molecular weight excluding hydrogens is 558 g/mol. The summed E-state index contributed by atoms with van der Waals surface area (Å²) in [5, 5.41) is 7.18.